The molecule has 2 heterocycles. The Labute approximate surface area is 198 Å². The number of benzene rings is 2. The highest BCUT2D eigenvalue weighted by Gasteiger charge is 2.34. The maximum atomic E-state index is 13.1. The number of sulfonamides is 1. The summed E-state index contributed by atoms with van der Waals surface area (Å²) in [6, 6.07) is 15.4. The van der Waals surface area contributed by atoms with Crippen LogP contribution in [0.4, 0.5) is 21.9 Å². The molecule has 34 heavy (non-hydrogen) atoms. The number of nitrogens with zero attached hydrogens (tertiary/aromatic N) is 3. The first-order valence-corrected chi connectivity index (χ1v) is 12.4. The Morgan fingerprint density at radius 2 is 1.76 bits per heavy atom. The van der Waals surface area contributed by atoms with Gasteiger partial charge in [0.25, 0.3) is 0 Å². The zero-order valence-corrected chi connectivity index (χ0v) is 19.7. The number of amides is 2. The maximum absolute atomic E-state index is 13.1. The molecule has 0 unspecified atom stereocenters. The lowest BCUT2D eigenvalue weighted by Crippen LogP contribution is -2.52. The van der Waals surface area contributed by atoms with Crippen LogP contribution in [0.5, 0.6) is 5.75 Å². The molecule has 0 spiro atoms. The molecule has 2 aromatic carbocycles. The molecule has 0 radical (unpaired) electrons. The molecule has 1 aromatic heterocycles. The van der Waals surface area contributed by atoms with Crippen molar-refractivity contribution in [1.29, 1.82) is 0 Å². The van der Waals surface area contributed by atoms with Crippen molar-refractivity contribution in [2.75, 3.05) is 27.3 Å². The largest absolute Gasteiger partial charge is 0.419 e. The molecule has 0 saturated carbocycles. The van der Waals surface area contributed by atoms with Crippen molar-refractivity contribution in [2.24, 2.45) is 0 Å². The van der Waals surface area contributed by atoms with E-state index in [1.54, 1.807) is 53.6 Å². The van der Waals surface area contributed by atoms with Gasteiger partial charge in [0.15, 0.2) is 5.75 Å². The third-order valence-corrected chi connectivity index (χ3v) is 5.94. The summed E-state index contributed by atoms with van der Waals surface area (Å²) in [4.78, 5) is 32.6. The van der Waals surface area contributed by atoms with Gasteiger partial charge in [0, 0.05) is 25.4 Å². The van der Waals surface area contributed by atoms with Crippen molar-refractivity contribution >= 4 is 39.1 Å². The second kappa shape index (κ2) is 9.14. The summed E-state index contributed by atoms with van der Waals surface area (Å²) in [7, 11) is -3.38. The first kappa shape index (κ1) is 23.2. The number of ether oxygens (including phenoxy) is 1. The Morgan fingerprint density at radius 1 is 1.06 bits per heavy atom. The van der Waals surface area contributed by atoms with Crippen LogP contribution >= 0.6 is 0 Å². The topological polar surface area (TPSA) is 109 Å². The van der Waals surface area contributed by atoms with Crippen molar-refractivity contribution in [2.45, 2.75) is 19.9 Å². The van der Waals surface area contributed by atoms with Gasteiger partial charge in [-0.25, -0.2) is 13.2 Å². The molecule has 1 N–H and O–H groups in total. The first-order chi connectivity index (χ1) is 16.1. The van der Waals surface area contributed by atoms with E-state index in [1.165, 1.54) is 18.0 Å². The van der Waals surface area contributed by atoms with Gasteiger partial charge < -0.3 is 9.64 Å². The van der Waals surface area contributed by atoms with Crippen LogP contribution in [0.1, 0.15) is 13.8 Å². The van der Waals surface area contributed by atoms with Crippen molar-refractivity contribution < 1.29 is 22.7 Å². The Bertz CT molecular complexity index is 1330. The van der Waals surface area contributed by atoms with Crippen LogP contribution in [-0.2, 0) is 14.8 Å². The fourth-order valence-electron chi connectivity index (χ4n) is 3.97. The number of rotatable bonds is 4. The Balaban J connectivity index is 1.71. The van der Waals surface area contributed by atoms with Crippen LogP contribution in [0.15, 0.2) is 67.0 Å². The molecule has 1 atom stereocenters. The van der Waals surface area contributed by atoms with Gasteiger partial charge in [-0.2, -0.15) is 0 Å². The van der Waals surface area contributed by atoms with Gasteiger partial charge in [0.2, 0.25) is 15.9 Å². The molecule has 0 aliphatic carbocycles. The van der Waals surface area contributed by atoms with E-state index in [1.807, 2.05) is 19.1 Å². The predicted octanol–water partition coefficient (Wildman–Crippen LogP) is 3.88. The lowest BCUT2D eigenvalue weighted by atomic mass is 10.0. The molecule has 2 amide bonds. The molecule has 176 valence electrons. The monoisotopic (exact) mass is 480 g/mol. The maximum Gasteiger partial charge on any atom is 0.419 e. The van der Waals surface area contributed by atoms with E-state index in [2.05, 4.69) is 9.71 Å². The summed E-state index contributed by atoms with van der Waals surface area (Å²) in [5, 5.41) is 0. The molecule has 10 heteroatoms. The number of carbonyl (C=O) groups excluding carboxylic acids is 2. The van der Waals surface area contributed by atoms with E-state index in [9.17, 15) is 18.0 Å². The predicted molar refractivity (Wildman–Crippen MR) is 131 cm³/mol. The molecule has 0 saturated heterocycles. The van der Waals surface area contributed by atoms with Crippen LogP contribution in [0.2, 0.25) is 0 Å². The summed E-state index contributed by atoms with van der Waals surface area (Å²) < 4.78 is 30.9. The lowest BCUT2D eigenvalue weighted by Gasteiger charge is -2.40. The third kappa shape index (κ3) is 5.01. The van der Waals surface area contributed by atoms with Crippen molar-refractivity contribution in [3.8, 4) is 16.9 Å². The number of hydrogen-bond donors (Lipinski definition) is 1. The highest BCUT2D eigenvalue weighted by Crippen LogP contribution is 2.39. The summed E-state index contributed by atoms with van der Waals surface area (Å²) in [5.41, 5.74) is 3.20. The van der Waals surface area contributed by atoms with Gasteiger partial charge in [-0.05, 0) is 54.4 Å². The number of hydrogen-bond acceptors (Lipinski definition) is 6. The molecule has 1 aliphatic heterocycles. The number of anilines is 3. The lowest BCUT2D eigenvalue weighted by molar-refractivity contribution is -0.117. The van der Waals surface area contributed by atoms with Gasteiger partial charge in [0.05, 0.1) is 29.9 Å². The smallest absolute Gasteiger partial charge is 0.408 e. The second-order valence-corrected chi connectivity index (χ2v) is 9.81. The average Bonchev–Trinajstić information content (AvgIpc) is 2.78. The SMILES string of the molecule is CC(=O)N1c2ccc(-c3ccc(NS(C)(=O)=O)cc3)cc2N(C(=O)Oc2cccnc2)C[C@@H]1C. The highest BCUT2D eigenvalue weighted by molar-refractivity contribution is 7.92. The average molecular weight is 481 g/mol. The quantitative estimate of drug-likeness (QED) is 0.607. The molecule has 4 rings (SSSR count). The molecular weight excluding hydrogens is 456 g/mol. The molecule has 9 nitrogen and oxygen atoms in total. The molecule has 0 bridgehead atoms. The fourth-order valence-corrected chi connectivity index (χ4v) is 4.53. The van der Waals surface area contributed by atoms with Crippen LogP contribution in [-0.4, -0.2) is 44.2 Å². The zero-order chi connectivity index (χ0) is 24.5. The molecular formula is C24H24N4O5S. The van der Waals surface area contributed by atoms with E-state index in [-0.39, 0.29) is 18.5 Å². The van der Waals surface area contributed by atoms with Gasteiger partial charge >= 0.3 is 6.09 Å². The zero-order valence-electron chi connectivity index (χ0n) is 18.9. The first-order valence-electron chi connectivity index (χ1n) is 10.5. The minimum Gasteiger partial charge on any atom is -0.408 e. The fraction of sp³-hybridized carbons (Fsp3) is 0.208. The van der Waals surface area contributed by atoms with E-state index in [0.717, 1.165) is 17.4 Å². The molecule has 3 aromatic rings. The van der Waals surface area contributed by atoms with E-state index in [4.69, 9.17) is 4.74 Å². The summed E-state index contributed by atoms with van der Waals surface area (Å²) in [6.45, 7) is 3.62. The minimum atomic E-state index is -3.38. The Kier molecular flexibility index (Phi) is 6.25. The summed E-state index contributed by atoms with van der Waals surface area (Å²) in [5.74, 6) is 0.193. The number of aromatic nitrogens is 1. The second-order valence-electron chi connectivity index (χ2n) is 8.06. The van der Waals surface area contributed by atoms with E-state index in [0.29, 0.717) is 22.8 Å². The third-order valence-electron chi connectivity index (χ3n) is 5.33. The molecule has 1 aliphatic rings. The molecule has 0 fully saturated rings. The number of pyridine rings is 1. The van der Waals surface area contributed by atoms with Gasteiger partial charge in [-0.15, -0.1) is 0 Å². The van der Waals surface area contributed by atoms with Crippen molar-refractivity contribution in [3.63, 3.8) is 0 Å². The van der Waals surface area contributed by atoms with Gasteiger partial charge in [0.1, 0.15) is 0 Å². The van der Waals surface area contributed by atoms with E-state index < -0.39 is 16.1 Å². The Hall–Kier alpha value is -3.92. The normalized spacial score (nSPS) is 15.4. The number of fused-ring (bicyclic) bond motifs is 1. The van der Waals surface area contributed by atoms with Crippen molar-refractivity contribution in [3.05, 3.63) is 67.0 Å². The van der Waals surface area contributed by atoms with Crippen LogP contribution in [0.25, 0.3) is 11.1 Å². The minimum absolute atomic E-state index is 0.127. The Morgan fingerprint density at radius 3 is 2.38 bits per heavy atom. The van der Waals surface area contributed by atoms with Crippen LogP contribution in [0, 0.1) is 0 Å². The summed E-state index contributed by atoms with van der Waals surface area (Å²) in [6.07, 6.45) is 3.56. The number of nitrogens with one attached hydrogen (secondary N) is 1. The van der Waals surface area contributed by atoms with Crippen LogP contribution < -0.4 is 19.3 Å². The van der Waals surface area contributed by atoms with Gasteiger partial charge in [-0.3, -0.25) is 19.4 Å². The van der Waals surface area contributed by atoms with Gasteiger partial charge in [-0.1, -0.05) is 18.2 Å². The standard InChI is InChI=1S/C24H24N4O5S/c1-16-15-27(24(30)33-21-5-4-12-25-14-21)23-13-19(8-11-22(23)28(16)17(2)29)18-6-9-20(10-7-18)26-34(3,31)32/h4-14,16,26H,15H2,1-3H3/t16-/m0/s1. The van der Waals surface area contributed by atoms with E-state index >= 15 is 0 Å². The van der Waals surface area contributed by atoms with Crippen molar-refractivity contribution in [1.82, 2.24) is 4.98 Å². The number of carbonyl (C=O) groups is 2. The van der Waals surface area contributed by atoms with Crippen LogP contribution in [0.3, 0.4) is 0 Å². The summed E-state index contributed by atoms with van der Waals surface area (Å²) >= 11 is 0. The highest BCUT2D eigenvalue weighted by atomic mass is 32.2.